The maximum Gasteiger partial charge on any atom is 0.410 e. The highest BCUT2D eigenvalue weighted by molar-refractivity contribution is 5.68. The number of carbonyl (C=O) groups is 1. The van der Waals surface area contributed by atoms with Crippen molar-refractivity contribution in [1.29, 1.82) is 0 Å². The predicted octanol–water partition coefficient (Wildman–Crippen LogP) is 1.39. The second-order valence-corrected chi connectivity index (χ2v) is 5.50. The lowest BCUT2D eigenvalue weighted by atomic mass is 10.2. The second kappa shape index (κ2) is 5.69. The van der Waals surface area contributed by atoms with Gasteiger partial charge in [0.05, 0.1) is 25.3 Å². The topological polar surface area (TPSA) is 59.0 Å². The minimum Gasteiger partial charge on any atom is -0.444 e. The molecular weight excluding hydrogens is 222 g/mol. The van der Waals surface area contributed by atoms with Gasteiger partial charge in [0.25, 0.3) is 0 Å². The fraction of sp³-hybridized carbons (Fsp3) is 0.917. The third-order valence-electron chi connectivity index (χ3n) is 2.44. The van der Waals surface area contributed by atoms with Crippen LogP contribution in [0.25, 0.3) is 0 Å². The average molecular weight is 245 g/mol. The number of carbonyl (C=O) groups excluding carboxylic acids is 1. The molecule has 0 saturated carbocycles. The Morgan fingerprint density at radius 1 is 1.59 bits per heavy atom. The van der Waals surface area contributed by atoms with Gasteiger partial charge in [-0.2, -0.15) is 0 Å². The third kappa shape index (κ3) is 4.91. The maximum atomic E-state index is 12.0. The molecule has 100 valence electrons. The average Bonchev–Trinajstić information content (AvgIpc) is 2.63. The van der Waals surface area contributed by atoms with E-state index in [1.165, 1.54) is 0 Å². The van der Waals surface area contributed by atoms with Crippen molar-refractivity contribution in [2.75, 3.05) is 19.8 Å². The SMILES string of the molecule is CC(O)CN(C(=O)OC(C)(C)C)C1CCOC1. The summed E-state index contributed by atoms with van der Waals surface area (Å²) in [7, 11) is 0. The van der Waals surface area contributed by atoms with Crippen LogP contribution in [0, 0.1) is 0 Å². The van der Waals surface area contributed by atoms with Crippen LogP contribution >= 0.6 is 0 Å². The molecule has 1 amide bonds. The number of aliphatic hydroxyl groups excluding tert-OH is 1. The van der Waals surface area contributed by atoms with E-state index in [2.05, 4.69) is 0 Å². The van der Waals surface area contributed by atoms with Crippen molar-refractivity contribution >= 4 is 6.09 Å². The fourth-order valence-corrected chi connectivity index (χ4v) is 1.75. The molecule has 0 radical (unpaired) electrons. The molecule has 1 aliphatic heterocycles. The number of ether oxygens (including phenoxy) is 2. The van der Waals surface area contributed by atoms with Gasteiger partial charge in [0, 0.05) is 6.61 Å². The molecule has 1 saturated heterocycles. The molecule has 2 atom stereocenters. The number of hydrogen-bond donors (Lipinski definition) is 1. The molecule has 0 aliphatic carbocycles. The molecule has 1 N–H and O–H groups in total. The molecule has 1 rings (SSSR count). The first-order valence-electron chi connectivity index (χ1n) is 6.05. The van der Waals surface area contributed by atoms with Crippen LogP contribution in [0.2, 0.25) is 0 Å². The first kappa shape index (κ1) is 14.3. The molecule has 5 nitrogen and oxygen atoms in total. The van der Waals surface area contributed by atoms with Crippen LogP contribution < -0.4 is 0 Å². The Labute approximate surface area is 103 Å². The quantitative estimate of drug-likeness (QED) is 0.816. The predicted molar refractivity (Wildman–Crippen MR) is 63.8 cm³/mol. The third-order valence-corrected chi connectivity index (χ3v) is 2.44. The van der Waals surface area contributed by atoms with Crippen LogP contribution in [0.4, 0.5) is 4.79 Å². The van der Waals surface area contributed by atoms with Gasteiger partial charge in [-0.1, -0.05) is 0 Å². The highest BCUT2D eigenvalue weighted by Crippen LogP contribution is 2.17. The summed E-state index contributed by atoms with van der Waals surface area (Å²) in [6.07, 6.45) is -0.150. The van der Waals surface area contributed by atoms with Crippen molar-refractivity contribution in [2.24, 2.45) is 0 Å². The number of rotatable bonds is 3. The molecule has 0 aromatic heterocycles. The molecule has 0 aromatic rings. The standard InChI is InChI=1S/C12H23NO4/c1-9(14)7-13(10-5-6-16-8-10)11(15)17-12(2,3)4/h9-10,14H,5-8H2,1-4H3. The van der Waals surface area contributed by atoms with Crippen LogP contribution in [0.15, 0.2) is 0 Å². The first-order chi connectivity index (χ1) is 7.79. The van der Waals surface area contributed by atoms with E-state index in [1.54, 1.807) is 11.8 Å². The zero-order valence-electron chi connectivity index (χ0n) is 11.1. The second-order valence-electron chi connectivity index (χ2n) is 5.50. The number of hydrogen-bond acceptors (Lipinski definition) is 4. The van der Waals surface area contributed by atoms with Crippen molar-refractivity contribution in [1.82, 2.24) is 4.90 Å². The molecule has 5 heteroatoms. The summed E-state index contributed by atoms with van der Waals surface area (Å²) in [5, 5.41) is 9.44. The lowest BCUT2D eigenvalue weighted by Gasteiger charge is -2.31. The Kier molecular flexibility index (Phi) is 4.77. The lowest BCUT2D eigenvalue weighted by Crippen LogP contribution is -2.46. The Bertz CT molecular complexity index is 254. The number of amides is 1. The first-order valence-corrected chi connectivity index (χ1v) is 6.05. The summed E-state index contributed by atoms with van der Waals surface area (Å²) in [6, 6.07) is 0.0134. The largest absolute Gasteiger partial charge is 0.444 e. The van der Waals surface area contributed by atoms with E-state index < -0.39 is 11.7 Å². The number of nitrogens with zero attached hydrogens (tertiary/aromatic N) is 1. The zero-order valence-corrected chi connectivity index (χ0v) is 11.1. The Morgan fingerprint density at radius 2 is 2.24 bits per heavy atom. The van der Waals surface area contributed by atoms with E-state index in [4.69, 9.17) is 9.47 Å². The highest BCUT2D eigenvalue weighted by atomic mass is 16.6. The number of aliphatic hydroxyl groups is 1. The van der Waals surface area contributed by atoms with E-state index >= 15 is 0 Å². The van der Waals surface area contributed by atoms with Crippen molar-refractivity contribution in [3.63, 3.8) is 0 Å². The summed E-state index contributed by atoms with van der Waals surface area (Å²) >= 11 is 0. The minimum atomic E-state index is -0.567. The normalized spacial score (nSPS) is 22.3. The van der Waals surface area contributed by atoms with Gasteiger partial charge in [0.1, 0.15) is 5.60 Å². The molecule has 1 aliphatic rings. The fourth-order valence-electron chi connectivity index (χ4n) is 1.75. The molecule has 2 unspecified atom stereocenters. The Balaban J connectivity index is 2.64. The van der Waals surface area contributed by atoms with Gasteiger partial charge in [0.2, 0.25) is 0 Å². The van der Waals surface area contributed by atoms with Crippen LogP contribution in [0.3, 0.4) is 0 Å². The van der Waals surface area contributed by atoms with Crippen LogP contribution in [-0.2, 0) is 9.47 Å². The Hall–Kier alpha value is -0.810. The zero-order chi connectivity index (χ0) is 13.1. The van der Waals surface area contributed by atoms with Crippen molar-refractivity contribution in [3.8, 4) is 0 Å². The maximum absolute atomic E-state index is 12.0. The monoisotopic (exact) mass is 245 g/mol. The Morgan fingerprint density at radius 3 is 2.65 bits per heavy atom. The molecule has 17 heavy (non-hydrogen) atoms. The van der Waals surface area contributed by atoms with Gasteiger partial charge in [-0.15, -0.1) is 0 Å². The summed E-state index contributed by atoms with van der Waals surface area (Å²) in [4.78, 5) is 13.6. The summed E-state index contributed by atoms with van der Waals surface area (Å²) < 4.78 is 10.6. The molecule has 0 aromatic carbocycles. The van der Waals surface area contributed by atoms with Crippen LogP contribution in [0.5, 0.6) is 0 Å². The van der Waals surface area contributed by atoms with E-state index in [0.717, 1.165) is 6.42 Å². The smallest absolute Gasteiger partial charge is 0.410 e. The lowest BCUT2D eigenvalue weighted by molar-refractivity contribution is 0.00431. The molecule has 1 heterocycles. The van der Waals surface area contributed by atoms with Crippen LogP contribution in [-0.4, -0.2) is 53.6 Å². The van der Waals surface area contributed by atoms with Crippen molar-refractivity contribution < 1.29 is 19.4 Å². The van der Waals surface area contributed by atoms with E-state index in [1.807, 2.05) is 20.8 Å². The van der Waals surface area contributed by atoms with Gasteiger partial charge >= 0.3 is 6.09 Å². The molecule has 0 bridgehead atoms. The van der Waals surface area contributed by atoms with Gasteiger partial charge in [-0.05, 0) is 34.1 Å². The molecule has 1 fully saturated rings. The van der Waals surface area contributed by atoms with Crippen molar-refractivity contribution in [2.45, 2.75) is 51.9 Å². The molecular formula is C12H23NO4. The van der Waals surface area contributed by atoms with Crippen molar-refractivity contribution in [3.05, 3.63) is 0 Å². The van der Waals surface area contributed by atoms with Gasteiger partial charge in [0.15, 0.2) is 0 Å². The minimum absolute atomic E-state index is 0.0134. The van der Waals surface area contributed by atoms with Gasteiger partial charge in [-0.3, -0.25) is 0 Å². The van der Waals surface area contributed by atoms with Gasteiger partial charge in [-0.25, -0.2) is 4.79 Å². The van der Waals surface area contributed by atoms with E-state index in [0.29, 0.717) is 13.2 Å². The van der Waals surface area contributed by atoms with E-state index in [9.17, 15) is 9.90 Å². The summed E-state index contributed by atoms with van der Waals surface area (Å²) in [5.41, 5.74) is -0.520. The van der Waals surface area contributed by atoms with Crippen LogP contribution in [0.1, 0.15) is 34.1 Å². The summed E-state index contributed by atoms with van der Waals surface area (Å²) in [5.74, 6) is 0. The molecule has 0 spiro atoms. The highest BCUT2D eigenvalue weighted by Gasteiger charge is 2.31. The van der Waals surface area contributed by atoms with E-state index in [-0.39, 0.29) is 18.7 Å². The summed E-state index contributed by atoms with van der Waals surface area (Å²) in [6.45, 7) is 8.61. The van der Waals surface area contributed by atoms with Gasteiger partial charge < -0.3 is 19.5 Å².